The number of thioether (sulfide) groups is 1. The summed E-state index contributed by atoms with van der Waals surface area (Å²) >= 11 is 8.05. The Labute approximate surface area is 186 Å². The van der Waals surface area contributed by atoms with Crippen molar-refractivity contribution in [1.82, 2.24) is 9.21 Å². The number of hydrogen-bond donors (Lipinski definition) is 0. The summed E-state index contributed by atoms with van der Waals surface area (Å²) in [4.78, 5) is 17.2. The van der Waals surface area contributed by atoms with E-state index in [-0.39, 0.29) is 21.4 Å². The summed E-state index contributed by atoms with van der Waals surface area (Å²) in [6.07, 6.45) is 0. The van der Waals surface area contributed by atoms with Gasteiger partial charge in [-0.2, -0.15) is 16.1 Å². The zero-order chi connectivity index (χ0) is 21.1. The number of carbonyl (C=O) groups excluding carboxylic acids is 1. The van der Waals surface area contributed by atoms with E-state index in [4.69, 9.17) is 11.6 Å². The first-order valence-electron chi connectivity index (χ1n) is 9.93. The number of anilines is 1. The molecule has 0 bridgehead atoms. The van der Waals surface area contributed by atoms with Crippen LogP contribution in [0.25, 0.3) is 0 Å². The number of carbonyl (C=O) groups is 1. The topological polar surface area (TPSA) is 60.9 Å². The molecule has 2 aliphatic heterocycles. The van der Waals surface area contributed by atoms with Crippen molar-refractivity contribution < 1.29 is 13.2 Å². The second-order valence-electron chi connectivity index (χ2n) is 7.27. The molecular weight excluding hydrogens is 442 g/mol. The standard InChI is InChI=1S/C21H24ClN3O3S2/c22-20-7-6-18(30(27,28)25-12-14-29-15-13-25)16-19(20)21(26)24-10-8-23(9-11-24)17-4-2-1-3-5-17/h1-7,16H,8-15H2. The van der Waals surface area contributed by atoms with Gasteiger partial charge in [-0.15, -0.1) is 0 Å². The lowest BCUT2D eigenvalue weighted by Crippen LogP contribution is -2.48. The summed E-state index contributed by atoms with van der Waals surface area (Å²) in [6.45, 7) is 3.53. The van der Waals surface area contributed by atoms with Crippen LogP contribution >= 0.6 is 23.4 Å². The van der Waals surface area contributed by atoms with Crippen molar-refractivity contribution in [2.24, 2.45) is 0 Å². The zero-order valence-electron chi connectivity index (χ0n) is 16.5. The predicted octanol–water partition coefficient (Wildman–Crippen LogP) is 3.04. The van der Waals surface area contributed by atoms with Crippen LogP contribution in [0.2, 0.25) is 5.02 Å². The van der Waals surface area contributed by atoms with Gasteiger partial charge in [-0.05, 0) is 30.3 Å². The maximum absolute atomic E-state index is 13.1. The number of amides is 1. The van der Waals surface area contributed by atoms with Gasteiger partial charge in [0.2, 0.25) is 10.0 Å². The van der Waals surface area contributed by atoms with Crippen molar-refractivity contribution in [3.05, 3.63) is 59.1 Å². The molecule has 2 fully saturated rings. The fraction of sp³-hybridized carbons (Fsp3) is 0.381. The average Bonchev–Trinajstić information content (AvgIpc) is 2.80. The predicted molar refractivity (Wildman–Crippen MR) is 122 cm³/mol. The van der Waals surface area contributed by atoms with Gasteiger partial charge < -0.3 is 9.80 Å². The van der Waals surface area contributed by atoms with Gasteiger partial charge in [0.15, 0.2) is 0 Å². The molecule has 0 aromatic heterocycles. The van der Waals surface area contributed by atoms with Crippen LogP contribution in [0.4, 0.5) is 5.69 Å². The second kappa shape index (κ2) is 9.18. The minimum Gasteiger partial charge on any atom is -0.368 e. The third-order valence-corrected chi connectivity index (χ3v) is 8.63. The highest BCUT2D eigenvalue weighted by Crippen LogP contribution is 2.26. The number of rotatable bonds is 4. The lowest BCUT2D eigenvalue weighted by Gasteiger charge is -2.36. The maximum Gasteiger partial charge on any atom is 0.255 e. The molecule has 6 nitrogen and oxygen atoms in total. The molecule has 0 saturated carbocycles. The first kappa shape index (κ1) is 21.5. The molecule has 2 aromatic carbocycles. The van der Waals surface area contributed by atoms with Gasteiger partial charge in [0.1, 0.15) is 0 Å². The number of hydrogen-bond acceptors (Lipinski definition) is 5. The Bertz CT molecular complexity index is 1000. The Morgan fingerprint density at radius 2 is 1.57 bits per heavy atom. The Morgan fingerprint density at radius 3 is 2.23 bits per heavy atom. The van der Waals surface area contributed by atoms with E-state index in [0.717, 1.165) is 30.3 Å². The van der Waals surface area contributed by atoms with E-state index in [0.29, 0.717) is 26.2 Å². The summed E-state index contributed by atoms with van der Waals surface area (Å²) < 4.78 is 27.5. The molecule has 2 aliphatic rings. The van der Waals surface area contributed by atoms with E-state index >= 15 is 0 Å². The van der Waals surface area contributed by atoms with Crippen molar-refractivity contribution in [2.45, 2.75) is 4.90 Å². The molecule has 0 N–H and O–H groups in total. The van der Waals surface area contributed by atoms with Gasteiger partial charge in [0, 0.05) is 56.5 Å². The SMILES string of the molecule is O=C(c1cc(S(=O)(=O)N2CCSCC2)ccc1Cl)N1CCN(c2ccccc2)CC1. The normalized spacial score (nSPS) is 18.4. The van der Waals surface area contributed by atoms with Crippen LogP contribution in [0, 0.1) is 0 Å². The number of nitrogens with zero attached hydrogens (tertiary/aromatic N) is 3. The number of halogens is 1. The lowest BCUT2D eigenvalue weighted by molar-refractivity contribution is 0.0746. The van der Waals surface area contributed by atoms with Crippen molar-refractivity contribution in [3.8, 4) is 0 Å². The molecule has 0 aliphatic carbocycles. The monoisotopic (exact) mass is 465 g/mol. The van der Waals surface area contributed by atoms with Crippen LogP contribution in [-0.2, 0) is 10.0 Å². The van der Waals surface area contributed by atoms with Gasteiger partial charge in [0.25, 0.3) is 5.91 Å². The Hall–Kier alpha value is -1.74. The van der Waals surface area contributed by atoms with Gasteiger partial charge in [-0.1, -0.05) is 29.8 Å². The number of para-hydroxylation sites is 1. The second-order valence-corrected chi connectivity index (χ2v) is 10.8. The van der Waals surface area contributed by atoms with E-state index in [2.05, 4.69) is 17.0 Å². The molecule has 2 aromatic rings. The molecule has 0 atom stereocenters. The van der Waals surface area contributed by atoms with Crippen molar-refractivity contribution >= 4 is 45.0 Å². The minimum absolute atomic E-state index is 0.130. The van der Waals surface area contributed by atoms with Gasteiger partial charge in [0.05, 0.1) is 15.5 Å². The van der Waals surface area contributed by atoms with Crippen LogP contribution in [0.3, 0.4) is 0 Å². The molecule has 0 spiro atoms. The van der Waals surface area contributed by atoms with Crippen LogP contribution in [0.5, 0.6) is 0 Å². The molecule has 160 valence electrons. The van der Waals surface area contributed by atoms with Crippen LogP contribution in [0.1, 0.15) is 10.4 Å². The number of piperazine rings is 1. The van der Waals surface area contributed by atoms with Gasteiger partial charge in [-0.3, -0.25) is 4.79 Å². The summed E-state index contributed by atoms with van der Waals surface area (Å²) in [5.74, 6) is 1.34. The molecule has 30 heavy (non-hydrogen) atoms. The average molecular weight is 466 g/mol. The third-order valence-electron chi connectivity index (χ3n) is 5.46. The molecule has 4 rings (SSSR count). The summed E-state index contributed by atoms with van der Waals surface area (Å²) in [6, 6.07) is 14.5. The van der Waals surface area contributed by atoms with E-state index in [1.165, 1.54) is 22.5 Å². The molecular formula is C21H24ClN3O3S2. The molecule has 0 unspecified atom stereocenters. The molecule has 1 amide bonds. The highest BCUT2D eigenvalue weighted by atomic mass is 35.5. The highest BCUT2D eigenvalue weighted by Gasteiger charge is 2.29. The van der Waals surface area contributed by atoms with Crippen LogP contribution in [0.15, 0.2) is 53.4 Å². The zero-order valence-corrected chi connectivity index (χ0v) is 18.9. The minimum atomic E-state index is -3.63. The van der Waals surface area contributed by atoms with E-state index in [9.17, 15) is 13.2 Å². The van der Waals surface area contributed by atoms with E-state index in [1.54, 1.807) is 16.7 Å². The molecule has 2 heterocycles. The first-order valence-corrected chi connectivity index (χ1v) is 12.9. The number of sulfonamides is 1. The van der Waals surface area contributed by atoms with E-state index in [1.807, 2.05) is 18.2 Å². The van der Waals surface area contributed by atoms with Gasteiger partial charge >= 0.3 is 0 Å². The van der Waals surface area contributed by atoms with Crippen LogP contribution in [-0.4, -0.2) is 74.3 Å². The summed E-state index contributed by atoms with van der Waals surface area (Å²) in [7, 11) is -3.63. The molecule has 0 radical (unpaired) electrons. The fourth-order valence-electron chi connectivity index (χ4n) is 3.74. The first-order chi connectivity index (χ1) is 14.5. The quantitative estimate of drug-likeness (QED) is 0.694. The van der Waals surface area contributed by atoms with Crippen molar-refractivity contribution in [1.29, 1.82) is 0 Å². The Balaban J connectivity index is 1.50. The summed E-state index contributed by atoms with van der Waals surface area (Å²) in [5.41, 5.74) is 1.38. The van der Waals surface area contributed by atoms with E-state index < -0.39 is 10.0 Å². The molecule has 9 heteroatoms. The van der Waals surface area contributed by atoms with Gasteiger partial charge in [-0.25, -0.2) is 8.42 Å². The Morgan fingerprint density at radius 1 is 0.900 bits per heavy atom. The van der Waals surface area contributed by atoms with Crippen molar-refractivity contribution in [2.75, 3.05) is 55.7 Å². The molecule has 2 saturated heterocycles. The number of benzene rings is 2. The largest absolute Gasteiger partial charge is 0.368 e. The Kier molecular flexibility index (Phi) is 6.57. The third kappa shape index (κ3) is 4.46. The lowest BCUT2D eigenvalue weighted by atomic mass is 10.1. The fourth-order valence-corrected chi connectivity index (χ4v) is 6.54. The maximum atomic E-state index is 13.1. The highest BCUT2D eigenvalue weighted by molar-refractivity contribution is 7.99. The van der Waals surface area contributed by atoms with Crippen LogP contribution < -0.4 is 4.90 Å². The van der Waals surface area contributed by atoms with Crippen molar-refractivity contribution in [3.63, 3.8) is 0 Å². The smallest absolute Gasteiger partial charge is 0.255 e. The summed E-state index contributed by atoms with van der Waals surface area (Å²) in [5, 5.41) is 0.277.